The number of aliphatic hydroxyl groups excluding tert-OH is 1. The number of carbonyl (C=O) groups is 3. The van der Waals surface area contributed by atoms with Gasteiger partial charge in [-0.2, -0.15) is 5.10 Å². The van der Waals surface area contributed by atoms with Crippen molar-refractivity contribution in [2.24, 2.45) is 5.73 Å². The van der Waals surface area contributed by atoms with Gasteiger partial charge in [0.15, 0.2) is 0 Å². The molecular formula is C24H28Cl2N6O4. The fraction of sp³-hybridized carbons (Fsp3) is 0.417. The zero-order valence-electron chi connectivity index (χ0n) is 19.6. The lowest BCUT2D eigenvalue weighted by molar-refractivity contribution is -0.135. The monoisotopic (exact) mass is 534 g/mol. The maximum atomic E-state index is 12.1. The maximum absolute atomic E-state index is 12.1. The van der Waals surface area contributed by atoms with Gasteiger partial charge in [-0.3, -0.25) is 19.1 Å². The molecule has 36 heavy (non-hydrogen) atoms. The van der Waals surface area contributed by atoms with Crippen LogP contribution in [-0.4, -0.2) is 62.2 Å². The number of benzene rings is 1. The molecule has 0 atom stereocenters. The minimum absolute atomic E-state index is 0.0843. The number of aromatic nitrogens is 3. The molecule has 0 saturated carbocycles. The number of hydrogen-bond acceptors (Lipinski definition) is 5. The third kappa shape index (κ3) is 5.66. The van der Waals surface area contributed by atoms with E-state index < -0.39 is 6.61 Å². The smallest absolute Gasteiger partial charge is 0.248 e. The van der Waals surface area contributed by atoms with Gasteiger partial charge in [-0.15, -0.1) is 0 Å². The summed E-state index contributed by atoms with van der Waals surface area (Å²) in [7, 11) is 0. The number of nitrogens with one attached hydrogen (secondary N) is 2. The summed E-state index contributed by atoms with van der Waals surface area (Å²) in [4.78, 5) is 39.9. The van der Waals surface area contributed by atoms with E-state index in [1.54, 1.807) is 15.6 Å². The number of nitrogens with two attached hydrogens (primary N) is 1. The molecule has 12 heteroatoms. The molecule has 3 heterocycles. The molecule has 10 nitrogen and oxygen atoms in total. The van der Waals surface area contributed by atoms with Gasteiger partial charge in [0, 0.05) is 67.3 Å². The highest BCUT2D eigenvalue weighted by atomic mass is 35.5. The van der Waals surface area contributed by atoms with Gasteiger partial charge in [0.25, 0.3) is 0 Å². The molecule has 0 aliphatic carbocycles. The van der Waals surface area contributed by atoms with E-state index in [0.29, 0.717) is 73.1 Å². The van der Waals surface area contributed by atoms with Crippen LogP contribution < -0.4 is 11.1 Å². The number of primary amides is 1. The minimum atomic E-state index is -0.536. The number of halogens is 2. The number of aromatic amines is 1. The summed E-state index contributed by atoms with van der Waals surface area (Å²) in [6.07, 6.45) is 4.26. The summed E-state index contributed by atoms with van der Waals surface area (Å²) in [6, 6.07) is 3.64. The summed E-state index contributed by atoms with van der Waals surface area (Å²) in [5.74, 6) is -0.768. The minimum Gasteiger partial charge on any atom is -0.387 e. The van der Waals surface area contributed by atoms with E-state index in [1.165, 1.54) is 0 Å². The fourth-order valence-electron chi connectivity index (χ4n) is 4.47. The number of rotatable bonds is 10. The van der Waals surface area contributed by atoms with E-state index in [0.717, 1.165) is 22.2 Å². The summed E-state index contributed by atoms with van der Waals surface area (Å²) >= 11 is 13.0. The first-order chi connectivity index (χ1) is 17.3. The molecule has 3 amide bonds. The van der Waals surface area contributed by atoms with Crippen molar-refractivity contribution < 1.29 is 19.5 Å². The van der Waals surface area contributed by atoms with E-state index in [9.17, 15) is 19.5 Å². The number of unbranched alkanes of at least 4 members (excludes halogenated alkanes) is 1. The molecule has 5 N–H and O–H groups in total. The maximum Gasteiger partial charge on any atom is 0.248 e. The predicted molar refractivity (Wildman–Crippen MR) is 136 cm³/mol. The Bertz CT molecular complexity index is 1300. The van der Waals surface area contributed by atoms with Gasteiger partial charge < -0.3 is 26.0 Å². The third-order valence-electron chi connectivity index (χ3n) is 6.29. The van der Waals surface area contributed by atoms with Crippen LogP contribution in [0.15, 0.2) is 18.3 Å². The fourth-order valence-corrected chi connectivity index (χ4v) is 4.87. The standard InChI is InChI=1S/C24H28Cl2N6O4/c25-16-11-14(18-6-9-32(30-18)10-7-28-20(35)4-2-1-3-19(27)34)22-15-12-31(21(36)13-33)8-5-17(15)29-24(22)23(16)26/h6,9,11,29,33H,1-5,7-8,10,12-13H2,(H2,27,34)(H,28,35). The summed E-state index contributed by atoms with van der Waals surface area (Å²) in [5, 5.41) is 18.5. The normalized spacial score (nSPS) is 13.1. The molecular weight excluding hydrogens is 507 g/mol. The Labute approximate surface area is 217 Å². The molecule has 1 aliphatic heterocycles. The SMILES string of the molecule is NC(=O)CCCCC(=O)NCCn1ccc(-c2cc(Cl)c(Cl)c3[nH]c4c(c23)CN(C(=O)CO)CC4)n1. The number of aliphatic hydroxyl groups is 1. The van der Waals surface area contributed by atoms with Crippen LogP contribution in [0.3, 0.4) is 0 Å². The number of fused-ring (bicyclic) bond motifs is 3. The first-order valence-electron chi connectivity index (χ1n) is 11.8. The van der Waals surface area contributed by atoms with Crippen molar-refractivity contribution >= 4 is 51.8 Å². The first-order valence-corrected chi connectivity index (χ1v) is 12.5. The molecule has 0 spiro atoms. The zero-order valence-corrected chi connectivity index (χ0v) is 21.2. The number of carbonyl (C=O) groups excluding carboxylic acids is 3. The Morgan fingerprint density at radius 3 is 2.75 bits per heavy atom. The van der Waals surface area contributed by atoms with Crippen LogP contribution in [-0.2, 0) is 33.9 Å². The average Bonchev–Trinajstić information content (AvgIpc) is 3.48. The molecule has 2 aromatic heterocycles. The van der Waals surface area contributed by atoms with Crippen LogP contribution in [0.5, 0.6) is 0 Å². The molecule has 0 unspecified atom stereocenters. The second-order valence-electron chi connectivity index (χ2n) is 8.76. The molecule has 3 aromatic rings. The van der Waals surface area contributed by atoms with Gasteiger partial charge in [0.05, 0.1) is 27.8 Å². The topological polar surface area (TPSA) is 146 Å². The largest absolute Gasteiger partial charge is 0.387 e. The quantitative estimate of drug-likeness (QED) is 0.295. The van der Waals surface area contributed by atoms with Gasteiger partial charge in [-0.25, -0.2) is 0 Å². The van der Waals surface area contributed by atoms with E-state index in [4.69, 9.17) is 28.9 Å². The Hall–Kier alpha value is -3.08. The van der Waals surface area contributed by atoms with Crippen LogP contribution in [0.1, 0.15) is 36.9 Å². The van der Waals surface area contributed by atoms with Crippen LogP contribution in [0.4, 0.5) is 0 Å². The molecule has 0 radical (unpaired) electrons. The number of nitrogens with zero attached hydrogens (tertiary/aromatic N) is 3. The molecule has 0 saturated heterocycles. The molecule has 0 bridgehead atoms. The van der Waals surface area contributed by atoms with Crippen LogP contribution >= 0.6 is 23.2 Å². The Morgan fingerprint density at radius 2 is 2.00 bits per heavy atom. The average molecular weight is 535 g/mol. The van der Waals surface area contributed by atoms with Crippen molar-refractivity contribution in [2.45, 2.75) is 45.2 Å². The lowest BCUT2D eigenvalue weighted by atomic mass is 9.99. The van der Waals surface area contributed by atoms with Crippen molar-refractivity contribution in [3.63, 3.8) is 0 Å². The highest BCUT2D eigenvalue weighted by Crippen LogP contribution is 2.41. The highest BCUT2D eigenvalue weighted by molar-refractivity contribution is 6.45. The van der Waals surface area contributed by atoms with E-state index >= 15 is 0 Å². The van der Waals surface area contributed by atoms with Crippen LogP contribution in [0.2, 0.25) is 10.0 Å². The van der Waals surface area contributed by atoms with Gasteiger partial charge in [-0.05, 0) is 25.0 Å². The molecule has 0 fully saturated rings. The Kier molecular flexibility index (Phi) is 8.17. The number of amides is 3. The van der Waals surface area contributed by atoms with Gasteiger partial charge in [0.1, 0.15) is 6.61 Å². The molecule has 1 aromatic carbocycles. The number of H-pyrrole nitrogens is 1. The van der Waals surface area contributed by atoms with Crippen molar-refractivity contribution in [3.8, 4) is 11.3 Å². The summed E-state index contributed by atoms with van der Waals surface area (Å²) in [5.41, 5.74) is 9.19. The second-order valence-corrected chi connectivity index (χ2v) is 9.55. The predicted octanol–water partition coefficient (Wildman–Crippen LogP) is 2.38. The van der Waals surface area contributed by atoms with Gasteiger partial charge >= 0.3 is 0 Å². The van der Waals surface area contributed by atoms with E-state index in [2.05, 4.69) is 15.4 Å². The van der Waals surface area contributed by atoms with E-state index in [1.807, 2.05) is 12.3 Å². The van der Waals surface area contributed by atoms with Gasteiger partial charge in [-0.1, -0.05) is 23.2 Å². The van der Waals surface area contributed by atoms with Crippen molar-refractivity contribution in [1.82, 2.24) is 25.0 Å². The molecule has 1 aliphatic rings. The van der Waals surface area contributed by atoms with Crippen LogP contribution in [0, 0.1) is 0 Å². The lowest BCUT2D eigenvalue weighted by Crippen LogP contribution is -2.37. The second kappa shape index (κ2) is 11.3. The molecule has 4 rings (SSSR count). The Balaban J connectivity index is 1.49. The third-order valence-corrected chi connectivity index (χ3v) is 7.07. The summed E-state index contributed by atoms with van der Waals surface area (Å²) in [6.45, 7) is 1.20. The van der Waals surface area contributed by atoms with Gasteiger partial charge in [0.2, 0.25) is 17.7 Å². The van der Waals surface area contributed by atoms with Crippen LogP contribution in [0.25, 0.3) is 22.2 Å². The highest BCUT2D eigenvalue weighted by Gasteiger charge is 2.27. The first kappa shape index (κ1) is 26.0. The van der Waals surface area contributed by atoms with Crippen molar-refractivity contribution in [3.05, 3.63) is 39.6 Å². The molecule has 192 valence electrons. The van der Waals surface area contributed by atoms with E-state index in [-0.39, 0.29) is 24.1 Å². The van der Waals surface area contributed by atoms with Crippen molar-refractivity contribution in [1.29, 1.82) is 0 Å². The summed E-state index contributed by atoms with van der Waals surface area (Å²) < 4.78 is 1.73. The van der Waals surface area contributed by atoms with Crippen molar-refractivity contribution in [2.75, 3.05) is 19.7 Å². The number of hydrogen-bond donors (Lipinski definition) is 4. The Morgan fingerprint density at radius 1 is 1.22 bits per heavy atom. The lowest BCUT2D eigenvalue weighted by Gasteiger charge is -2.26. The zero-order chi connectivity index (χ0) is 25.8.